The monoisotopic (exact) mass is 549 g/mol. The molecule has 0 bridgehead atoms. The normalized spacial score (nSPS) is 15.5. The Labute approximate surface area is 230 Å². The predicted octanol–water partition coefficient (Wildman–Crippen LogP) is 6.31. The minimum absolute atomic E-state index is 0.193. The van der Waals surface area contributed by atoms with Crippen LogP contribution in [0.1, 0.15) is 36.5 Å². The van der Waals surface area contributed by atoms with E-state index in [-0.39, 0.29) is 5.92 Å². The lowest BCUT2D eigenvalue weighted by atomic mass is 10.0. The second-order valence-corrected chi connectivity index (χ2v) is 10.4. The van der Waals surface area contributed by atoms with Crippen LogP contribution < -0.4 is 4.90 Å². The third kappa shape index (κ3) is 6.11. The molecule has 40 heavy (non-hydrogen) atoms. The summed E-state index contributed by atoms with van der Waals surface area (Å²) in [6.45, 7) is 14.6. The Morgan fingerprint density at radius 2 is 1.77 bits per heavy atom. The van der Waals surface area contributed by atoms with Crippen molar-refractivity contribution >= 4 is 22.6 Å². The third-order valence-corrected chi connectivity index (χ3v) is 7.17. The molecular weight excluding hydrogens is 519 g/mol. The Morgan fingerprint density at radius 3 is 2.38 bits per heavy atom. The number of oxazole rings is 1. The van der Waals surface area contributed by atoms with Crippen molar-refractivity contribution in [2.45, 2.75) is 38.5 Å². The molecule has 10 heteroatoms. The molecule has 208 valence electrons. The van der Waals surface area contributed by atoms with Crippen LogP contribution >= 0.6 is 0 Å². The molecule has 1 aliphatic heterocycles. The van der Waals surface area contributed by atoms with Crippen molar-refractivity contribution in [2.24, 2.45) is 0 Å². The number of rotatable bonds is 7. The van der Waals surface area contributed by atoms with Crippen LogP contribution in [0.5, 0.6) is 0 Å². The van der Waals surface area contributed by atoms with Gasteiger partial charge in [-0.3, -0.25) is 4.90 Å². The van der Waals surface area contributed by atoms with Crippen molar-refractivity contribution in [3.05, 3.63) is 82.8 Å². The maximum absolute atomic E-state index is 12.8. The first-order valence-corrected chi connectivity index (χ1v) is 13.2. The highest BCUT2D eigenvalue weighted by Gasteiger charge is 2.31. The minimum Gasteiger partial charge on any atom is -0.436 e. The largest absolute Gasteiger partial charge is 0.436 e. The maximum atomic E-state index is 12.8. The number of benzene rings is 2. The molecule has 3 heterocycles. The van der Waals surface area contributed by atoms with Crippen LogP contribution in [0.3, 0.4) is 0 Å². The van der Waals surface area contributed by atoms with E-state index in [1.807, 2.05) is 35.2 Å². The quantitative estimate of drug-likeness (QED) is 0.273. The summed E-state index contributed by atoms with van der Waals surface area (Å²) in [7, 11) is 0. The number of aliphatic hydroxyl groups excluding tert-OH is 1. The lowest BCUT2D eigenvalue weighted by molar-refractivity contribution is -0.137. The molecule has 0 radical (unpaired) electrons. The van der Waals surface area contributed by atoms with Crippen molar-refractivity contribution in [2.75, 3.05) is 37.6 Å². The zero-order chi connectivity index (χ0) is 28.4. The van der Waals surface area contributed by atoms with E-state index in [0.29, 0.717) is 67.6 Å². The van der Waals surface area contributed by atoms with Crippen LogP contribution in [0.15, 0.2) is 59.1 Å². The summed E-state index contributed by atoms with van der Waals surface area (Å²) in [4.78, 5) is 16.3. The van der Waals surface area contributed by atoms with Crippen molar-refractivity contribution < 1.29 is 22.7 Å². The fraction of sp³-hybridized carbons (Fsp3) is 0.367. The maximum Gasteiger partial charge on any atom is 0.417 e. The van der Waals surface area contributed by atoms with Crippen LogP contribution in [0, 0.1) is 6.57 Å². The molecule has 0 saturated carbocycles. The number of aliphatic hydroxyl groups is 1. The number of hydrogen-bond acceptors (Lipinski definition) is 6. The molecule has 1 atom stereocenters. The fourth-order valence-corrected chi connectivity index (χ4v) is 4.98. The van der Waals surface area contributed by atoms with Gasteiger partial charge in [-0.05, 0) is 59.9 Å². The van der Waals surface area contributed by atoms with Gasteiger partial charge >= 0.3 is 6.18 Å². The van der Waals surface area contributed by atoms with Crippen LogP contribution in [-0.2, 0) is 12.6 Å². The molecule has 1 saturated heterocycles. The lowest BCUT2D eigenvalue weighted by Crippen LogP contribution is -2.49. The van der Waals surface area contributed by atoms with E-state index in [4.69, 9.17) is 11.0 Å². The van der Waals surface area contributed by atoms with Gasteiger partial charge in [-0.15, -0.1) is 0 Å². The van der Waals surface area contributed by atoms with Gasteiger partial charge < -0.3 is 14.4 Å². The van der Waals surface area contributed by atoms with Gasteiger partial charge in [-0.25, -0.2) is 14.8 Å². The number of alkyl halides is 3. The van der Waals surface area contributed by atoms with Gasteiger partial charge in [-0.1, -0.05) is 26.0 Å². The van der Waals surface area contributed by atoms with Gasteiger partial charge in [0.1, 0.15) is 5.82 Å². The van der Waals surface area contributed by atoms with Crippen LogP contribution in [0.2, 0.25) is 0 Å². The summed E-state index contributed by atoms with van der Waals surface area (Å²) >= 11 is 0. The second-order valence-electron chi connectivity index (χ2n) is 10.4. The third-order valence-electron chi connectivity index (χ3n) is 7.17. The van der Waals surface area contributed by atoms with Crippen molar-refractivity contribution in [3.63, 3.8) is 0 Å². The lowest BCUT2D eigenvalue weighted by Gasteiger charge is -2.36. The smallest absolute Gasteiger partial charge is 0.417 e. The van der Waals surface area contributed by atoms with Gasteiger partial charge in [0.05, 0.1) is 23.8 Å². The molecule has 1 fully saturated rings. The SMILES string of the molecule is [C-]#[N+]c1cc(C(C)C)c2oc(-c3ccc(CC(O)CN4CCN(c5ccc(C(F)(F)F)cn5)CC4)cc3)nc2c1. The van der Waals surface area contributed by atoms with E-state index in [1.165, 1.54) is 6.07 Å². The second kappa shape index (κ2) is 11.3. The van der Waals surface area contributed by atoms with E-state index >= 15 is 0 Å². The first kappa shape index (κ1) is 27.6. The Kier molecular flexibility index (Phi) is 7.79. The highest BCUT2D eigenvalue weighted by molar-refractivity contribution is 5.84. The number of β-amino-alcohol motifs (C(OH)–C–C–N with tert-alkyl or cyclic N) is 1. The topological polar surface area (TPSA) is 70.0 Å². The summed E-state index contributed by atoms with van der Waals surface area (Å²) in [6, 6.07) is 13.8. The Bertz CT molecular complexity index is 1500. The fourth-order valence-electron chi connectivity index (χ4n) is 4.98. The van der Waals surface area contributed by atoms with Gasteiger partial charge in [0.15, 0.2) is 11.3 Å². The average molecular weight is 550 g/mol. The number of aromatic nitrogens is 2. The van der Waals surface area contributed by atoms with Gasteiger partial charge in [0.2, 0.25) is 5.89 Å². The van der Waals surface area contributed by atoms with Crippen LogP contribution in [0.4, 0.5) is 24.7 Å². The Balaban J connectivity index is 1.16. The average Bonchev–Trinajstić information content (AvgIpc) is 3.37. The highest BCUT2D eigenvalue weighted by Crippen LogP contribution is 2.34. The van der Waals surface area contributed by atoms with Gasteiger partial charge in [-0.2, -0.15) is 13.2 Å². The van der Waals surface area contributed by atoms with Crippen LogP contribution in [-0.4, -0.2) is 58.8 Å². The summed E-state index contributed by atoms with van der Waals surface area (Å²) in [5.74, 6) is 1.21. The van der Waals surface area contributed by atoms with Crippen LogP contribution in [0.25, 0.3) is 27.4 Å². The first-order chi connectivity index (χ1) is 19.1. The standard InChI is InChI=1S/C30H30F3N5O2/c1-19(2)25-15-23(34-3)16-26-28(25)40-29(36-26)21-6-4-20(5-7-21)14-24(39)18-37-10-12-38(13-11-37)27-9-8-22(17-35-27)30(31,32)33/h4-9,15-17,19,24,39H,10-14,18H2,1-2H3. The zero-order valence-electron chi connectivity index (χ0n) is 22.3. The number of anilines is 1. The highest BCUT2D eigenvalue weighted by atomic mass is 19.4. The predicted molar refractivity (Wildman–Crippen MR) is 147 cm³/mol. The zero-order valence-corrected chi connectivity index (χ0v) is 22.3. The number of nitrogens with zero attached hydrogens (tertiary/aromatic N) is 5. The summed E-state index contributed by atoms with van der Waals surface area (Å²) in [5.41, 5.74) is 3.92. The molecule has 0 amide bonds. The molecule has 2 aromatic heterocycles. The number of piperazine rings is 1. The van der Waals surface area contributed by atoms with Gasteiger partial charge in [0.25, 0.3) is 0 Å². The molecule has 0 aliphatic carbocycles. The summed E-state index contributed by atoms with van der Waals surface area (Å²) in [5, 5.41) is 10.7. The molecule has 2 aromatic carbocycles. The molecule has 1 aliphatic rings. The van der Waals surface area contributed by atoms with E-state index < -0.39 is 17.8 Å². The summed E-state index contributed by atoms with van der Waals surface area (Å²) in [6.07, 6.45) is -3.60. The van der Waals surface area contributed by atoms with Crippen molar-refractivity contribution in [1.82, 2.24) is 14.9 Å². The number of halogens is 3. The minimum atomic E-state index is -4.40. The summed E-state index contributed by atoms with van der Waals surface area (Å²) < 4.78 is 44.5. The molecular formula is C30H30F3N5O2. The molecule has 1 unspecified atom stereocenters. The Morgan fingerprint density at radius 1 is 1.05 bits per heavy atom. The molecule has 7 nitrogen and oxygen atoms in total. The van der Waals surface area contributed by atoms with E-state index in [2.05, 4.69) is 33.6 Å². The number of pyridine rings is 1. The van der Waals surface area contributed by atoms with E-state index in [1.54, 1.807) is 6.07 Å². The van der Waals surface area contributed by atoms with Crippen molar-refractivity contribution in [3.8, 4) is 11.5 Å². The van der Waals surface area contributed by atoms with E-state index in [0.717, 1.165) is 29.0 Å². The molecule has 5 rings (SSSR count). The molecule has 1 N–H and O–H groups in total. The molecule has 0 spiro atoms. The molecule has 4 aromatic rings. The number of hydrogen-bond donors (Lipinski definition) is 1. The first-order valence-electron chi connectivity index (χ1n) is 13.2. The number of fused-ring (bicyclic) bond motifs is 1. The van der Waals surface area contributed by atoms with Gasteiger partial charge in [0, 0.05) is 44.5 Å². The van der Waals surface area contributed by atoms with Crippen molar-refractivity contribution in [1.29, 1.82) is 0 Å². The van der Waals surface area contributed by atoms with E-state index in [9.17, 15) is 18.3 Å². The Hall–Kier alpha value is -3.94.